The average molecular weight is 298 g/mol. The van der Waals surface area contributed by atoms with Gasteiger partial charge < -0.3 is 9.84 Å². The Morgan fingerprint density at radius 3 is 2.50 bits per heavy atom. The van der Waals surface area contributed by atoms with Crippen molar-refractivity contribution in [3.05, 3.63) is 29.8 Å². The van der Waals surface area contributed by atoms with Gasteiger partial charge in [0.05, 0.1) is 11.4 Å². The molecule has 1 fully saturated rings. The molecule has 2 rings (SSSR count). The number of rotatable bonds is 5. The van der Waals surface area contributed by atoms with Gasteiger partial charge in [-0.05, 0) is 18.9 Å². The Balaban J connectivity index is 2.05. The van der Waals surface area contributed by atoms with Crippen LogP contribution in [0.5, 0.6) is 5.75 Å². The van der Waals surface area contributed by atoms with E-state index in [0.29, 0.717) is 11.3 Å². The van der Waals surface area contributed by atoms with Crippen LogP contribution in [-0.2, 0) is 15.6 Å². The maximum atomic E-state index is 11.4. The molecule has 0 aromatic heterocycles. The maximum Gasteiger partial charge on any atom is 0.151 e. The van der Waals surface area contributed by atoms with Gasteiger partial charge in [0.15, 0.2) is 9.84 Å². The third-order valence-corrected chi connectivity index (χ3v) is 4.51. The highest BCUT2D eigenvalue weighted by Crippen LogP contribution is 2.29. The van der Waals surface area contributed by atoms with E-state index < -0.39 is 15.4 Å². The van der Waals surface area contributed by atoms with E-state index in [-0.39, 0.29) is 12.4 Å². The van der Waals surface area contributed by atoms with E-state index >= 15 is 0 Å². The van der Waals surface area contributed by atoms with E-state index in [4.69, 9.17) is 4.74 Å². The lowest BCUT2D eigenvalue weighted by atomic mass is 9.85. The fraction of sp³-hybridized carbons (Fsp3) is 0.600. The fourth-order valence-electron chi connectivity index (χ4n) is 2.61. The Hall–Kier alpha value is -1.07. The van der Waals surface area contributed by atoms with Crippen LogP contribution in [0.1, 0.15) is 37.7 Å². The van der Waals surface area contributed by atoms with Crippen molar-refractivity contribution in [2.75, 3.05) is 12.9 Å². The lowest BCUT2D eigenvalue weighted by Gasteiger charge is -2.32. The number of aliphatic hydroxyl groups is 1. The summed E-state index contributed by atoms with van der Waals surface area (Å²) in [6.45, 7) is 0.230. The molecule has 0 radical (unpaired) electrons. The van der Waals surface area contributed by atoms with Gasteiger partial charge in [0, 0.05) is 11.8 Å². The zero-order valence-corrected chi connectivity index (χ0v) is 12.7. The van der Waals surface area contributed by atoms with E-state index in [0.717, 1.165) is 32.1 Å². The topological polar surface area (TPSA) is 63.6 Å². The predicted octanol–water partition coefficient (Wildman–Crippen LogP) is 2.31. The number of para-hydroxylation sites is 1. The van der Waals surface area contributed by atoms with Gasteiger partial charge in [-0.25, -0.2) is 8.42 Å². The number of hydrogen-bond acceptors (Lipinski definition) is 4. The number of benzene rings is 1. The normalized spacial score (nSPS) is 18.7. The predicted molar refractivity (Wildman–Crippen MR) is 78.5 cm³/mol. The van der Waals surface area contributed by atoms with Crippen LogP contribution in [0.15, 0.2) is 24.3 Å². The van der Waals surface area contributed by atoms with Gasteiger partial charge in [-0.15, -0.1) is 0 Å². The molecule has 0 atom stereocenters. The first-order valence-corrected chi connectivity index (χ1v) is 9.05. The summed E-state index contributed by atoms with van der Waals surface area (Å²) in [4.78, 5) is 0. The third kappa shape index (κ3) is 4.49. The van der Waals surface area contributed by atoms with E-state index in [9.17, 15) is 13.5 Å². The molecule has 1 aromatic carbocycles. The second-order valence-corrected chi connectivity index (χ2v) is 7.89. The Labute approximate surface area is 120 Å². The Morgan fingerprint density at radius 2 is 1.85 bits per heavy atom. The summed E-state index contributed by atoms with van der Waals surface area (Å²) in [5.41, 5.74) is -0.120. The van der Waals surface area contributed by atoms with Crippen LogP contribution in [0.4, 0.5) is 0 Å². The standard InChI is InChI=1S/C15H22O4S/c1-20(17,18)11-13-7-3-4-8-14(13)19-12-15(16)9-5-2-6-10-15/h3-4,7-8,16H,2,5-6,9-12H2,1H3. The van der Waals surface area contributed by atoms with Gasteiger partial charge in [0.2, 0.25) is 0 Å². The van der Waals surface area contributed by atoms with E-state index in [2.05, 4.69) is 0 Å². The molecule has 0 unspecified atom stereocenters. The van der Waals surface area contributed by atoms with Gasteiger partial charge in [-0.2, -0.15) is 0 Å². The van der Waals surface area contributed by atoms with Crippen molar-refractivity contribution < 1.29 is 18.3 Å². The first kappa shape index (κ1) is 15.3. The molecule has 1 aliphatic rings. The van der Waals surface area contributed by atoms with Gasteiger partial charge in [-0.1, -0.05) is 37.5 Å². The molecule has 0 amide bonds. The zero-order chi connectivity index (χ0) is 14.6. The summed E-state index contributed by atoms with van der Waals surface area (Å²) in [7, 11) is -3.10. The Bertz CT molecular complexity index is 545. The van der Waals surface area contributed by atoms with Crippen LogP contribution in [0.3, 0.4) is 0 Å². The lowest BCUT2D eigenvalue weighted by molar-refractivity contribution is -0.0340. The summed E-state index contributed by atoms with van der Waals surface area (Å²) in [6.07, 6.45) is 5.91. The second-order valence-electron chi connectivity index (χ2n) is 5.75. The molecule has 0 heterocycles. The molecule has 5 heteroatoms. The quantitative estimate of drug-likeness (QED) is 0.906. The third-order valence-electron chi connectivity index (χ3n) is 3.67. The maximum absolute atomic E-state index is 11.4. The summed E-state index contributed by atoms with van der Waals surface area (Å²) in [6, 6.07) is 7.11. The zero-order valence-electron chi connectivity index (χ0n) is 11.8. The van der Waals surface area contributed by atoms with Crippen molar-refractivity contribution in [1.29, 1.82) is 0 Å². The van der Waals surface area contributed by atoms with Crippen LogP contribution >= 0.6 is 0 Å². The molecule has 0 spiro atoms. The lowest BCUT2D eigenvalue weighted by Crippen LogP contribution is -2.38. The summed E-state index contributed by atoms with van der Waals surface area (Å²) < 4.78 is 28.5. The van der Waals surface area contributed by atoms with Gasteiger partial charge >= 0.3 is 0 Å². The summed E-state index contributed by atoms with van der Waals surface area (Å²) in [5.74, 6) is 0.513. The molecule has 112 valence electrons. The summed E-state index contributed by atoms with van der Waals surface area (Å²) >= 11 is 0. The SMILES string of the molecule is CS(=O)(=O)Cc1ccccc1OCC1(O)CCCCC1. The minimum Gasteiger partial charge on any atom is -0.490 e. The fourth-order valence-corrected chi connectivity index (χ4v) is 3.42. The van der Waals surface area contributed by atoms with Crippen LogP contribution in [-0.4, -0.2) is 32.0 Å². The Morgan fingerprint density at radius 1 is 1.20 bits per heavy atom. The smallest absolute Gasteiger partial charge is 0.151 e. The van der Waals surface area contributed by atoms with E-state index in [1.54, 1.807) is 18.2 Å². The van der Waals surface area contributed by atoms with Crippen LogP contribution in [0.25, 0.3) is 0 Å². The molecule has 1 saturated carbocycles. The molecule has 4 nitrogen and oxygen atoms in total. The first-order valence-electron chi connectivity index (χ1n) is 6.99. The molecule has 1 aromatic rings. The molecule has 1 aliphatic carbocycles. The molecular formula is C15H22O4S. The van der Waals surface area contributed by atoms with E-state index in [1.807, 2.05) is 6.07 Å². The van der Waals surface area contributed by atoms with Crippen molar-refractivity contribution >= 4 is 9.84 Å². The molecule has 0 saturated heterocycles. The van der Waals surface area contributed by atoms with Crippen LogP contribution < -0.4 is 4.74 Å². The highest BCUT2D eigenvalue weighted by Gasteiger charge is 2.30. The van der Waals surface area contributed by atoms with Gasteiger partial charge in [-0.3, -0.25) is 0 Å². The number of ether oxygens (including phenoxy) is 1. The number of sulfone groups is 1. The average Bonchev–Trinajstić information content (AvgIpc) is 2.37. The minimum atomic E-state index is -3.10. The van der Waals surface area contributed by atoms with E-state index in [1.165, 1.54) is 6.26 Å². The van der Waals surface area contributed by atoms with Crippen molar-refractivity contribution in [2.24, 2.45) is 0 Å². The minimum absolute atomic E-state index is 0.0401. The van der Waals surface area contributed by atoms with Crippen molar-refractivity contribution in [3.63, 3.8) is 0 Å². The van der Waals surface area contributed by atoms with Crippen LogP contribution in [0, 0.1) is 0 Å². The summed E-state index contributed by atoms with van der Waals surface area (Å²) in [5, 5.41) is 10.4. The van der Waals surface area contributed by atoms with Gasteiger partial charge in [0.25, 0.3) is 0 Å². The molecular weight excluding hydrogens is 276 g/mol. The largest absolute Gasteiger partial charge is 0.490 e. The number of hydrogen-bond donors (Lipinski definition) is 1. The molecule has 0 bridgehead atoms. The highest BCUT2D eigenvalue weighted by atomic mass is 32.2. The monoisotopic (exact) mass is 298 g/mol. The molecule has 20 heavy (non-hydrogen) atoms. The van der Waals surface area contributed by atoms with Gasteiger partial charge in [0.1, 0.15) is 12.4 Å². The van der Waals surface area contributed by atoms with Crippen molar-refractivity contribution in [2.45, 2.75) is 43.5 Å². The molecule has 1 N–H and O–H groups in total. The second kappa shape index (κ2) is 6.14. The first-order chi connectivity index (χ1) is 9.38. The van der Waals surface area contributed by atoms with Crippen LogP contribution in [0.2, 0.25) is 0 Å². The Kier molecular flexibility index (Phi) is 4.70. The van der Waals surface area contributed by atoms with Crippen molar-refractivity contribution in [1.82, 2.24) is 0 Å². The van der Waals surface area contributed by atoms with Crippen molar-refractivity contribution in [3.8, 4) is 5.75 Å². The highest BCUT2D eigenvalue weighted by molar-refractivity contribution is 7.89. The molecule has 0 aliphatic heterocycles.